The number of halogens is 2. The van der Waals surface area contributed by atoms with Gasteiger partial charge in [-0.2, -0.15) is 0 Å². The number of aliphatic hydroxyl groups is 1. The lowest BCUT2D eigenvalue weighted by molar-refractivity contribution is 0.192. The normalized spacial score (nSPS) is 33.8. The van der Waals surface area contributed by atoms with Gasteiger partial charge < -0.3 is 5.11 Å². The summed E-state index contributed by atoms with van der Waals surface area (Å²) in [5.74, 6) is 1.87. The highest BCUT2D eigenvalue weighted by atomic mass is 19.2. The van der Waals surface area contributed by atoms with Gasteiger partial charge in [0, 0.05) is 5.56 Å². The molecule has 0 amide bonds. The smallest absolute Gasteiger partial charge is 0.164 e. The van der Waals surface area contributed by atoms with Crippen LogP contribution in [0.3, 0.4) is 0 Å². The van der Waals surface area contributed by atoms with E-state index in [2.05, 4.69) is 37.0 Å². The maximum atomic E-state index is 14.6. The Morgan fingerprint density at radius 2 is 1.48 bits per heavy atom. The number of rotatable bonds is 6. The first-order chi connectivity index (χ1) is 16.0. The van der Waals surface area contributed by atoms with Crippen LogP contribution >= 0.6 is 0 Å². The van der Waals surface area contributed by atoms with Gasteiger partial charge in [-0.15, -0.1) is 6.58 Å². The summed E-state index contributed by atoms with van der Waals surface area (Å²) < 4.78 is 28.9. The van der Waals surface area contributed by atoms with Crippen LogP contribution in [0.25, 0.3) is 0 Å². The highest BCUT2D eigenvalue weighted by Gasteiger charge is 2.28. The van der Waals surface area contributed by atoms with Crippen molar-refractivity contribution >= 4 is 0 Å². The molecule has 2 fully saturated rings. The SMILES string of the molecule is C=CC1C=CC(C2CCC(/C=C/C3CCC(c4ccc(C(C)O)c(F)c4F)CC3)CC2)CC1. The Hall–Kier alpha value is -1.74. The van der Waals surface area contributed by atoms with E-state index in [1.165, 1.54) is 45.4 Å². The summed E-state index contributed by atoms with van der Waals surface area (Å²) in [6, 6.07) is 3.22. The molecule has 33 heavy (non-hydrogen) atoms. The minimum Gasteiger partial charge on any atom is -0.389 e. The molecule has 4 rings (SSSR count). The first-order valence-electron chi connectivity index (χ1n) is 13.1. The maximum absolute atomic E-state index is 14.6. The third kappa shape index (κ3) is 5.85. The second-order valence-corrected chi connectivity index (χ2v) is 10.7. The van der Waals surface area contributed by atoms with E-state index in [1.54, 1.807) is 12.1 Å². The van der Waals surface area contributed by atoms with Crippen molar-refractivity contribution < 1.29 is 13.9 Å². The molecule has 3 atom stereocenters. The monoisotopic (exact) mass is 454 g/mol. The minimum absolute atomic E-state index is 0.0445. The zero-order valence-corrected chi connectivity index (χ0v) is 20.1. The molecule has 0 aromatic heterocycles. The van der Waals surface area contributed by atoms with Gasteiger partial charge in [0.2, 0.25) is 0 Å². The van der Waals surface area contributed by atoms with Crippen LogP contribution in [0.5, 0.6) is 0 Å². The third-order valence-electron chi connectivity index (χ3n) is 8.62. The van der Waals surface area contributed by atoms with Gasteiger partial charge in [0.05, 0.1) is 6.10 Å². The molecule has 0 bridgehead atoms. The molecule has 1 aromatic carbocycles. The van der Waals surface area contributed by atoms with Gasteiger partial charge >= 0.3 is 0 Å². The average molecular weight is 455 g/mol. The second-order valence-electron chi connectivity index (χ2n) is 10.7. The Balaban J connectivity index is 1.23. The van der Waals surface area contributed by atoms with Crippen LogP contribution in [0.4, 0.5) is 8.78 Å². The van der Waals surface area contributed by atoms with Crippen LogP contribution in [-0.4, -0.2) is 5.11 Å². The molecule has 1 N–H and O–H groups in total. The van der Waals surface area contributed by atoms with E-state index in [-0.39, 0.29) is 11.5 Å². The van der Waals surface area contributed by atoms with E-state index >= 15 is 0 Å². The highest BCUT2D eigenvalue weighted by molar-refractivity contribution is 5.30. The summed E-state index contributed by atoms with van der Waals surface area (Å²) in [5, 5.41) is 9.61. The van der Waals surface area contributed by atoms with Crippen LogP contribution in [0.1, 0.15) is 94.3 Å². The molecule has 3 heteroatoms. The van der Waals surface area contributed by atoms with Crippen molar-refractivity contribution in [2.45, 2.75) is 83.2 Å². The van der Waals surface area contributed by atoms with Gasteiger partial charge in [-0.1, -0.05) is 42.5 Å². The van der Waals surface area contributed by atoms with Gasteiger partial charge in [0.15, 0.2) is 11.6 Å². The first-order valence-corrected chi connectivity index (χ1v) is 13.1. The van der Waals surface area contributed by atoms with Gasteiger partial charge in [-0.05, 0) is 112 Å². The van der Waals surface area contributed by atoms with E-state index in [9.17, 15) is 13.9 Å². The van der Waals surface area contributed by atoms with E-state index in [4.69, 9.17) is 0 Å². The summed E-state index contributed by atoms with van der Waals surface area (Å²) in [6.07, 6.45) is 22.5. The third-order valence-corrected chi connectivity index (χ3v) is 8.62. The van der Waals surface area contributed by atoms with Crippen molar-refractivity contribution in [2.24, 2.45) is 29.6 Å². The number of allylic oxidation sites excluding steroid dienone is 5. The lowest BCUT2D eigenvalue weighted by Crippen LogP contribution is -2.22. The molecule has 1 nitrogen and oxygen atoms in total. The van der Waals surface area contributed by atoms with Crippen molar-refractivity contribution in [3.63, 3.8) is 0 Å². The van der Waals surface area contributed by atoms with Crippen LogP contribution in [0, 0.1) is 41.2 Å². The summed E-state index contributed by atoms with van der Waals surface area (Å²) in [4.78, 5) is 0. The number of hydrogen-bond acceptors (Lipinski definition) is 1. The van der Waals surface area contributed by atoms with Crippen molar-refractivity contribution in [3.05, 3.63) is 71.9 Å². The minimum atomic E-state index is -0.992. The Kier molecular flexibility index (Phi) is 8.22. The standard InChI is InChI=1S/C30H40F2O/c1-3-21-6-12-24(13-7-21)25-14-8-22(9-15-25)4-5-23-10-16-26(17-11-23)28-19-18-27(20(2)33)29(31)30(28)32/h3-6,12,18-26,33H,1,7-11,13-17H2,2H3/b5-4+. The summed E-state index contributed by atoms with van der Waals surface area (Å²) >= 11 is 0. The van der Waals surface area contributed by atoms with E-state index in [1.807, 2.05) is 0 Å². The van der Waals surface area contributed by atoms with Gasteiger partial charge in [-0.3, -0.25) is 0 Å². The number of benzene rings is 1. The fourth-order valence-corrected chi connectivity index (χ4v) is 6.37. The Morgan fingerprint density at radius 3 is 2.03 bits per heavy atom. The maximum Gasteiger partial charge on any atom is 0.164 e. The topological polar surface area (TPSA) is 20.2 Å². The number of aliphatic hydroxyl groups excluding tert-OH is 1. The zero-order valence-electron chi connectivity index (χ0n) is 20.1. The van der Waals surface area contributed by atoms with Crippen LogP contribution in [-0.2, 0) is 0 Å². The van der Waals surface area contributed by atoms with Crippen LogP contribution in [0.2, 0.25) is 0 Å². The number of hydrogen-bond donors (Lipinski definition) is 1. The molecule has 3 unspecified atom stereocenters. The zero-order chi connectivity index (χ0) is 23.4. The van der Waals surface area contributed by atoms with Crippen LogP contribution in [0.15, 0.2) is 49.1 Å². The van der Waals surface area contributed by atoms with Crippen molar-refractivity contribution in [2.75, 3.05) is 0 Å². The molecule has 0 aliphatic heterocycles. The van der Waals surface area contributed by atoms with Gasteiger partial charge in [0.25, 0.3) is 0 Å². The lowest BCUT2D eigenvalue weighted by atomic mass is 9.71. The Bertz CT molecular complexity index is 854. The van der Waals surface area contributed by atoms with Crippen molar-refractivity contribution in [1.29, 1.82) is 0 Å². The molecule has 1 aromatic rings. The molecule has 3 aliphatic rings. The molecule has 2 saturated carbocycles. The van der Waals surface area contributed by atoms with E-state index < -0.39 is 17.7 Å². The summed E-state index contributed by atoms with van der Waals surface area (Å²) in [6.45, 7) is 5.39. The van der Waals surface area contributed by atoms with Gasteiger partial charge in [0.1, 0.15) is 0 Å². The second kappa shape index (κ2) is 11.1. The molecule has 0 spiro atoms. The summed E-state index contributed by atoms with van der Waals surface area (Å²) in [7, 11) is 0. The lowest BCUT2D eigenvalue weighted by Gasteiger charge is -2.34. The molecular weight excluding hydrogens is 414 g/mol. The van der Waals surface area contributed by atoms with E-state index in [0.29, 0.717) is 23.3 Å². The fourth-order valence-electron chi connectivity index (χ4n) is 6.37. The average Bonchev–Trinajstić information content (AvgIpc) is 2.85. The predicted octanol–water partition coefficient (Wildman–Crippen LogP) is 8.42. The molecule has 3 aliphatic carbocycles. The van der Waals surface area contributed by atoms with Crippen LogP contribution < -0.4 is 0 Å². The molecular formula is C30H40F2O. The first kappa shape index (κ1) is 24.4. The molecule has 180 valence electrons. The Labute approximate surface area is 198 Å². The fraction of sp³-hybridized carbons (Fsp3) is 0.600. The highest BCUT2D eigenvalue weighted by Crippen LogP contribution is 2.41. The van der Waals surface area contributed by atoms with E-state index in [0.717, 1.165) is 37.5 Å². The summed E-state index contributed by atoms with van der Waals surface area (Å²) in [5.41, 5.74) is 0.525. The Morgan fingerprint density at radius 1 is 0.848 bits per heavy atom. The molecule has 0 heterocycles. The van der Waals surface area contributed by atoms with Gasteiger partial charge in [-0.25, -0.2) is 8.78 Å². The molecule has 0 saturated heterocycles. The quantitative estimate of drug-likeness (QED) is 0.428. The van der Waals surface area contributed by atoms with Crippen molar-refractivity contribution in [1.82, 2.24) is 0 Å². The largest absolute Gasteiger partial charge is 0.389 e. The predicted molar refractivity (Wildman–Crippen MR) is 132 cm³/mol. The molecule has 0 radical (unpaired) electrons. The van der Waals surface area contributed by atoms with Crippen molar-refractivity contribution in [3.8, 4) is 0 Å².